The van der Waals surface area contributed by atoms with Gasteiger partial charge in [0.1, 0.15) is 5.82 Å². The predicted octanol–water partition coefficient (Wildman–Crippen LogP) is 3.74. The fraction of sp³-hybridized carbons (Fsp3) is 0.545. The third-order valence-electron chi connectivity index (χ3n) is 5.79. The molecule has 3 rings (SSSR count). The van der Waals surface area contributed by atoms with Crippen LogP contribution in [0.3, 0.4) is 0 Å². The van der Waals surface area contributed by atoms with Gasteiger partial charge in [0.25, 0.3) is 0 Å². The molecular formula is C22H31FN4O. The van der Waals surface area contributed by atoms with Crippen LogP contribution in [0.15, 0.2) is 30.3 Å². The van der Waals surface area contributed by atoms with Crippen molar-refractivity contribution >= 4 is 5.91 Å². The highest BCUT2D eigenvalue weighted by molar-refractivity contribution is 5.78. The normalized spacial score (nSPS) is 15.9. The maximum Gasteiger partial charge on any atom is 0.223 e. The molecule has 2 heterocycles. The molecule has 1 aromatic carbocycles. The van der Waals surface area contributed by atoms with Crippen LogP contribution in [-0.2, 0) is 18.4 Å². The van der Waals surface area contributed by atoms with Gasteiger partial charge in [0, 0.05) is 44.2 Å². The molecule has 1 aliphatic heterocycles. The largest absolute Gasteiger partial charge is 0.353 e. The van der Waals surface area contributed by atoms with E-state index in [1.165, 1.54) is 12.1 Å². The minimum atomic E-state index is -0.237. The second-order valence-electron chi connectivity index (χ2n) is 7.72. The van der Waals surface area contributed by atoms with Gasteiger partial charge in [-0.25, -0.2) is 4.39 Å². The smallest absolute Gasteiger partial charge is 0.223 e. The molecular weight excluding hydrogens is 355 g/mol. The minimum absolute atomic E-state index is 0.136. The van der Waals surface area contributed by atoms with Gasteiger partial charge in [-0.3, -0.25) is 14.4 Å². The number of likely N-dealkylation sites (tertiary alicyclic amines) is 1. The number of halogens is 1. The first kappa shape index (κ1) is 20.5. The van der Waals surface area contributed by atoms with E-state index in [0.29, 0.717) is 0 Å². The van der Waals surface area contributed by atoms with Gasteiger partial charge in [0.2, 0.25) is 5.91 Å². The number of nitrogens with zero attached hydrogens (tertiary/aromatic N) is 3. The first-order chi connectivity index (χ1) is 13.5. The Labute approximate surface area is 166 Å². The van der Waals surface area contributed by atoms with E-state index in [-0.39, 0.29) is 23.7 Å². The van der Waals surface area contributed by atoms with E-state index in [4.69, 9.17) is 0 Å². The van der Waals surface area contributed by atoms with Crippen LogP contribution in [-0.4, -0.2) is 39.7 Å². The summed E-state index contributed by atoms with van der Waals surface area (Å²) in [7, 11) is 1.95. The molecule has 0 bridgehead atoms. The summed E-state index contributed by atoms with van der Waals surface area (Å²) in [5.74, 6) is 0.107. The third kappa shape index (κ3) is 4.98. The number of benzene rings is 1. The summed E-state index contributed by atoms with van der Waals surface area (Å²) in [4.78, 5) is 14.7. The van der Waals surface area contributed by atoms with Gasteiger partial charge in [0.15, 0.2) is 0 Å². The van der Waals surface area contributed by atoms with Crippen LogP contribution in [0.5, 0.6) is 0 Å². The summed E-state index contributed by atoms with van der Waals surface area (Å²) >= 11 is 0. The number of rotatable bonds is 7. The molecule has 1 aromatic heterocycles. The summed E-state index contributed by atoms with van der Waals surface area (Å²) < 4.78 is 15.0. The quantitative estimate of drug-likeness (QED) is 0.789. The fourth-order valence-corrected chi connectivity index (χ4v) is 3.86. The second kappa shape index (κ2) is 9.32. The number of carbonyl (C=O) groups excluding carboxylic acids is 1. The Morgan fingerprint density at radius 3 is 2.46 bits per heavy atom. The molecule has 0 unspecified atom stereocenters. The summed E-state index contributed by atoms with van der Waals surface area (Å²) in [5, 5.41) is 7.81. The summed E-state index contributed by atoms with van der Waals surface area (Å²) in [6, 6.07) is 8.80. The molecule has 0 saturated carbocycles. The summed E-state index contributed by atoms with van der Waals surface area (Å²) in [5.41, 5.74) is 2.93. The molecule has 1 fully saturated rings. The first-order valence-electron chi connectivity index (χ1n) is 10.3. The third-order valence-corrected chi connectivity index (χ3v) is 5.79. The van der Waals surface area contributed by atoms with Gasteiger partial charge in [0.05, 0.1) is 11.4 Å². The van der Waals surface area contributed by atoms with E-state index < -0.39 is 0 Å². The number of hydrogen-bond donors (Lipinski definition) is 1. The van der Waals surface area contributed by atoms with Crippen molar-refractivity contribution in [1.82, 2.24) is 20.0 Å². The standard InChI is InChI=1S/C22H31FN4O/c1-4-16(5-2)22(28)24-19-10-12-27(13-11-19)15-20-14-21(25-26(20)3)17-6-8-18(23)9-7-17/h6-9,14,16,19H,4-5,10-13,15H2,1-3H3,(H,24,28). The predicted molar refractivity (Wildman–Crippen MR) is 109 cm³/mol. The van der Waals surface area contributed by atoms with Crippen LogP contribution in [0.25, 0.3) is 11.3 Å². The highest BCUT2D eigenvalue weighted by Crippen LogP contribution is 2.21. The molecule has 1 aliphatic rings. The van der Waals surface area contributed by atoms with Crippen molar-refractivity contribution in [2.75, 3.05) is 13.1 Å². The van der Waals surface area contributed by atoms with Gasteiger partial charge in [-0.2, -0.15) is 5.10 Å². The Morgan fingerprint density at radius 1 is 1.21 bits per heavy atom. The molecule has 0 spiro atoms. The molecule has 5 nitrogen and oxygen atoms in total. The Kier molecular flexibility index (Phi) is 6.83. The zero-order chi connectivity index (χ0) is 20.1. The molecule has 6 heteroatoms. The first-order valence-corrected chi connectivity index (χ1v) is 10.3. The second-order valence-corrected chi connectivity index (χ2v) is 7.72. The number of piperidine rings is 1. The Hall–Kier alpha value is -2.21. The van der Waals surface area contributed by atoms with Gasteiger partial charge < -0.3 is 5.32 Å². The van der Waals surface area contributed by atoms with Crippen LogP contribution in [0.1, 0.15) is 45.2 Å². The zero-order valence-electron chi connectivity index (χ0n) is 17.1. The lowest BCUT2D eigenvalue weighted by atomic mass is 9.99. The fourth-order valence-electron chi connectivity index (χ4n) is 3.86. The average Bonchev–Trinajstić information content (AvgIpc) is 3.05. The molecule has 0 radical (unpaired) electrons. The van der Waals surface area contributed by atoms with E-state index in [1.54, 1.807) is 12.1 Å². The van der Waals surface area contributed by atoms with Gasteiger partial charge in [-0.15, -0.1) is 0 Å². The van der Waals surface area contributed by atoms with Gasteiger partial charge >= 0.3 is 0 Å². The van der Waals surface area contributed by atoms with Crippen LogP contribution in [0.4, 0.5) is 4.39 Å². The Balaban J connectivity index is 1.54. The highest BCUT2D eigenvalue weighted by atomic mass is 19.1. The van der Waals surface area contributed by atoms with Gasteiger partial charge in [-0.05, 0) is 56.0 Å². The van der Waals surface area contributed by atoms with Crippen molar-refractivity contribution in [3.63, 3.8) is 0 Å². The molecule has 2 aromatic rings. The van der Waals surface area contributed by atoms with E-state index in [1.807, 2.05) is 11.7 Å². The molecule has 1 saturated heterocycles. The maximum absolute atomic E-state index is 13.1. The molecule has 1 amide bonds. The number of amides is 1. The molecule has 0 aliphatic carbocycles. The molecule has 28 heavy (non-hydrogen) atoms. The van der Waals surface area contributed by atoms with E-state index >= 15 is 0 Å². The Morgan fingerprint density at radius 2 is 1.86 bits per heavy atom. The van der Waals surface area contributed by atoms with Crippen molar-refractivity contribution < 1.29 is 9.18 Å². The number of aryl methyl sites for hydroxylation is 1. The van der Waals surface area contributed by atoms with Crippen LogP contribution in [0.2, 0.25) is 0 Å². The van der Waals surface area contributed by atoms with Crippen LogP contribution in [0, 0.1) is 11.7 Å². The Bertz CT molecular complexity index is 774. The van der Waals surface area contributed by atoms with Crippen molar-refractivity contribution in [1.29, 1.82) is 0 Å². The molecule has 0 atom stereocenters. The van der Waals surface area contributed by atoms with Crippen LogP contribution < -0.4 is 5.32 Å². The molecule has 1 N–H and O–H groups in total. The zero-order valence-corrected chi connectivity index (χ0v) is 17.1. The van der Waals surface area contributed by atoms with Crippen molar-refractivity contribution in [2.24, 2.45) is 13.0 Å². The lowest BCUT2D eigenvalue weighted by Crippen LogP contribution is -2.46. The molecule has 152 valence electrons. The minimum Gasteiger partial charge on any atom is -0.353 e. The topological polar surface area (TPSA) is 50.2 Å². The SMILES string of the molecule is CCC(CC)C(=O)NC1CCN(Cc2cc(-c3ccc(F)cc3)nn2C)CC1. The van der Waals surface area contributed by atoms with E-state index in [9.17, 15) is 9.18 Å². The van der Waals surface area contributed by atoms with Gasteiger partial charge in [-0.1, -0.05) is 13.8 Å². The van der Waals surface area contributed by atoms with Crippen LogP contribution >= 0.6 is 0 Å². The maximum atomic E-state index is 13.1. The van der Waals surface area contributed by atoms with Crippen molar-refractivity contribution in [2.45, 2.75) is 52.1 Å². The lowest BCUT2D eigenvalue weighted by Gasteiger charge is -2.32. The number of carbonyl (C=O) groups is 1. The lowest BCUT2D eigenvalue weighted by molar-refractivity contribution is -0.126. The van der Waals surface area contributed by atoms with Crippen molar-refractivity contribution in [3.05, 3.63) is 41.8 Å². The number of aromatic nitrogens is 2. The number of nitrogens with one attached hydrogen (secondary N) is 1. The van der Waals surface area contributed by atoms with E-state index in [0.717, 1.165) is 62.3 Å². The summed E-state index contributed by atoms with van der Waals surface area (Å²) in [6.07, 6.45) is 3.76. The van der Waals surface area contributed by atoms with E-state index in [2.05, 4.69) is 35.2 Å². The number of hydrogen-bond acceptors (Lipinski definition) is 3. The average molecular weight is 387 g/mol. The monoisotopic (exact) mass is 386 g/mol. The van der Waals surface area contributed by atoms with Crippen molar-refractivity contribution in [3.8, 4) is 11.3 Å². The highest BCUT2D eigenvalue weighted by Gasteiger charge is 2.24. The summed E-state index contributed by atoms with van der Waals surface area (Å²) in [6.45, 7) is 6.91.